The molecule has 0 aliphatic heterocycles. The molecular formula is C18H20N2O3. The topological polar surface area (TPSA) is 60.5 Å². The highest BCUT2D eigenvalue weighted by Crippen LogP contribution is 2.13. The van der Waals surface area contributed by atoms with Crippen molar-refractivity contribution < 1.29 is 14.3 Å². The zero-order chi connectivity index (χ0) is 16.7. The van der Waals surface area contributed by atoms with Crippen molar-refractivity contribution in [1.82, 2.24) is 4.98 Å². The van der Waals surface area contributed by atoms with Crippen molar-refractivity contribution in [3.63, 3.8) is 0 Å². The van der Waals surface area contributed by atoms with Crippen molar-refractivity contribution in [1.29, 1.82) is 0 Å². The van der Waals surface area contributed by atoms with Crippen molar-refractivity contribution in [3.8, 4) is 5.88 Å². The molecule has 0 saturated heterocycles. The molecule has 1 aromatic carbocycles. The Kier molecular flexibility index (Phi) is 5.74. The Morgan fingerprint density at radius 1 is 1.17 bits per heavy atom. The fraction of sp³-hybridized carbons (Fsp3) is 0.222. The number of hydrogen-bond donors (Lipinski definition) is 1. The second-order valence-corrected chi connectivity index (χ2v) is 5.05. The Morgan fingerprint density at radius 2 is 1.91 bits per heavy atom. The zero-order valence-electron chi connectivity index (χ0n) is 13.5. The van der Waals surface area contributed by atoms with E-state index in [0.717, 1.165) is 16.8 Å². The largest absolute Gasteiger partial charge is 0.481 e. The lowest BCUT2D eigenvalue weighted by Gasteiger charge is -2.07. The van der Waals surface area contributed by atoms with Gasteiger partial charge in [0.25, 0.3) is 0 Å². The van der Waals surface area contributed by atoms with Gasteiger partial charge in [0.2, 0.25) is 5.88 Å². The highest BCUT2D eigenvalue weighted by atomic mass is 16.5. The van der Waals surface area contributed by atoms with E-state index in [9.17, 15) is 4.79 Å². The summed E-state index contributed by atoms with van der Waals surface area (Å²) in [7, 11) is 2.97. The van der Waals surface area contributed by atoms with Crippen LogP contribution in [0.3, 0.4) is 0 Å². The number of methoxy groups -OCH3 is 2. The molecule has 2 aromatic rings. The Balaban J connectivity index is 1.95. The van der Waals surface area contributed by atoms with Crippen LogP contribution in [0.1, 0.15) is 22.8 Å². The fourth-order valence-electron chi connectivity index (χ4n) is 2.02. The lowest BCUT2D eigenvalue weighted by atomic mass is 10.1. The average Bonchev–Trinajstić information content (AvgIpc) is 2.60. The maximum atomic E-state index is 11.4. The first-order valence-electron chi connectivity index (χ1n) is 7.22. The molecule has 0 radical (unpaired) electrons. The molecule has 0 saturated carbocycles. The highest BCUT2D eigenvalue weighted by Gasteiger charge is 2.03. The van der Waals surface area contributed by atoms with Gasteiger partial charge in [0.1, 0.15) is 0 Å². The third kappa shape index (κ3) is 4.85. The number of carbonyl (C=O) groups is 1. The summed E-state index contributed by atoms with van der Waals surface area (Å²) in [5, 5.41) is 3.29. The van der Waals surface area contributed by atoms with Crippen LogP contribution in [0, 0.1) is 0 Å². The summed E-state index contributed by atoms with van der Waals surface area (Å²) < 4.78 is 9.71. The first-order valence-corrected chi connectivity index (χ1v) is 7.22. The van der Waals surface area contributed by atoms with Crippen LogP contribution in [-0.4, -0.2) is 31.7 Å². The first kappa shape index (κ1) is 16.5. The SMILES string of the molecule is COC(=O)c1ccc(C=C(C)CNc2ccc(OC)nc2)cc1. The summed E-state index contributed by atoms with van der Waals surface area (Å²) in [5.41, 5.74) is 3.67. The van der Waals surface area contributed by atoms with Gasteiger partial charge in [-0.15, -0.1) is 0 Å². The Labute approximate surface area is 136 Å². The van der Waals surface area contributed by atoms with Gasteiger partial charge >= 0.3 is 5.97 Å². The maximum Gasteiger partial charge on any atom is 0.337 e. The number of nitrogens with one attached hydrogen (secondary N) is 1. The van der Waals surface area contributed by atoms with Crippen LogP contribution in [0.25, 0.3) is 6.08 Å². The molecule has 0 bridgehead atoms. The minimum Gasteiger partial charge on any atom is -0.481 e. The third-order valence-electron chi connectivity index (χ3n) is 3.26. The van der Waals surface area contributed by atoms with E-state index in [4.69, 9.17) is 4.74 Å². The summed E-state index contributed by atoms with van der Waals surface area (Å²) >= 11 is 0. The molecule has 0 aliphatic rings. The normalized spacial score (nSPS) is 11.0. The summed E-state index contributed by atoms with van der Waals surface area (Å²) in [4.78, 5) is 15.5. The number of nitrogens with zero attached hydrogens (tertiary/aromatic N) is 1. The molecule has 5 heteroatoms. The average molecular weight is 312 g/mol. The van der Waals surface area contributed by atoms with Crippen molar-refractivity contribution in [2.75, 3.05) is 26.1 Å². The number of esters is 1. The lowest BCUT2D eigenvalue weighted by Crippen LogP contribution is -2.03. The lowest BCUT2D eigenvalue weighted by molar-refractivity contribution is 0.0600. The van der Waals surface area contributed by atoms with E-state index < -0.39 is 0 Å². The minimum absolute atomic E-state index is 0.328. The first-order chi connectivity index (χ1) is 11.1. The Hall–Kier alpha value is -2.82. The molecule has 1 N–H and O–H groups in total. The van der Waals surface area contributed by atoms with Gasteiger partial charge in [-0.05, 0) is 30.7 Å². The molecule has 23 heavy (non-hydrogen) atoms. The van der Waals surface area contributed by atoms with Crippen LogP contribution in [-0.2, 0) is 4.74 Å². The van der Waals surface area contributed by atoms with E-state index in [2.05, 4.69) is 21.1 Å². The van der Waals surface area contributed by atoms with Crippen LogP contribution >= 0.6 is 0 Å². The van der Waals surface area contributed by atoms with Crippen LogP contribution in [0.2, 0.25) is 0 Å². The predicted molar refractivity (Wildman–Crippen MR) is 90.7 cm³/mol. The predicted octanol–water partition coefficient (Wildman–Crippen LogP) is 3.39. The molecule has 1 heterocycles. The molecule has 1 aromatic heterocycles. The molecule has 0 spiro atoms. The van der Waals surface area contributed by atoms with Crippen LogP contribution < -0.4 is 10.1 Å². The summed E-state index contributed by atoms with van der Waals surface area (Å²) in [6, 6.07) is 11.0. The van der Waals surface area contributed by atoms with Crippen molar-refractivity contribution in [2.45, 2.75) is 6.92 Å². The second-order valence-electron chi connectivity index (χ2n) is 5.05. The third-order valence-corrected chi connectivity index (χ3v) is 3.26. The number of hydrogen-bond acceptors (Lipinski definition) is 5. The van der Waals surface area contributed by atoms with Gasteiger partial charge in [0.05, 0.1) is 31.7 Å². The molecule has 2 rings (SSSR count). The number of carbonyl (C=O) groups excluding carboxylic acids is 1. The van der Waals surface area contributed by atoms with E-state index in [-0.39, 0.29) is 5.97 Å². The van der Waals surface area contributed by atoms with Crippen LogP contribution in [0.4, 0.5) is 5.69 Å². The summed E-state index contributed by atoms with van der Waals surface area (Å²) in [6.07, 6.45) is 3.79. The standard InChI is InChI=1S/C18H20N2O3/c1-13(11-19-16-8-9-17(22-2)20-12-16)10-14-4-6-15(7-5-14)18(21)23-3/h4-10,12,19H,11H2,1-3H3. The number of ether oxygens (including phenoxy) is 2. The van der Waals surface area contributed by atoms with E-state index >= 15 is 0 Å². The molecule has 0 unspecified atom stereocenters. The quantitative estimate of drug-likeness (QED) is 0.828. The van der Waals surface area contributed by atoms with E-state index in [1.807, 2.05) is 31.2 Å². The smallest absolute Gasteiger partial charge is 0.337 e. The molecule has 5 nitrogen and oxygen atoms in total. The van der Waals surface area contributed by atoms with Gasteiger partial charge in [-0.3, -0.25) is 0 Å². The van der Waals surface area contributed by atoms with Gasteiger partial charge in [-0.25, -0.2) is 9.78 Å². The molecule has 0 amide bonds. The van der Waals surface area contributed by atoms with E-state index in [1.165, 1.54) is 7.11 Å². The van der Waals surface area contributed by atoms with E-state index in [0.29, 0.717) is 18.0 Å². The maximum absolute atomic E-state index is 11.4. The minimum atomic E-state index is -0.328. The van der Waals surface area contributed by atoms with Crippen molar-refractivity contribution in [2.24, 2.45) is 0 Å². The number of pyridine rings is 1. The van der Waals surface area contributed by atoms with Crippen LogP contribution in [0.15, 0.2) is 48.2 Å². The van der Waals surface area contributed by atoms with E-state index in [1.54, 1.807) is 25.4 Å². The number of aromatic nitrogens is 1. The zero-order valence-corrected chi connectivity index (χ0v) is 13.5. The van der Waals surface area contributed by atoms with Gasteiger partial charge < -0.3 is 14.8 Å². The van der Waals surface area contributed by atoms with Gasteiger partial charge in [-0.1, -0.05) is 23.8 Å². The summed E-state index contributed by atoms with van der Waals surface area (Å²) in [6.45, 7) is 2.74. The van der Waals surface area contributed by atoms with Crippen molar-refractivity contribution in [3.05, 3.63) is 59.3 Å². The Bertz CT molecular complexity index is 676. The fourth-order valence-corrected chi connectivity index (χ4v) is 2.02. The molecule has 120 valence electrons. The van der Waals surface area contributed by atoms with Gasteiger partial charge in [-0.2, -0.15) is 0 Å². The van der Waals surface area contributed by atoms with Crippen LogP contribution in [0.5, 0.6) is 5.88 Å². The second kappa shape index (κ2) is 7.98. The Morgan fingerprint density at radius 3 is 2.48 bits per heavy atom. The van der Waals surface area contributed by atoms with Crippen molar-refractivity contribution >= 4 is 17.7 Å². The van der Waals surface area contributed by atoms with Gasteiger partial charge in [0.15, 0.2) is 0 Å². The summed E-state index contributed by atoms with van der Waals surface area (Å²) in [5.74, 6) is 0.263. The monoisotopic (exact) mass is 312 g/mol. The number of benzene rings is 1. The molecular weight excluding hydrogens is 292 g/mol. The molecule has 0 fully saturated rings. The molecule has 0 aliphatic carbocycles. The molecule has 0 atom stereocenters. The number of anilines is 1. The number of rotatable bonds is 6. The highest BCUT2D eigenvalue weighted by molar-refractivity contribution is 5.89. The van der Waals surface area contributed by atoms with Gasteiger partial charge in [0, 0.05) is 12.6 Å².